The van der Waals surface area contributed by atoms with Gasteiger partial charge in [0.05, 0.1) is 5.56 Å². The number of hydrogen-bond donors (Lipinski definition) is 0. The molecule has 3 heterocycles. The molecular weight excluding hydrogens is 246 g/mol. The third-order valence-corrected chi connectivity index (χ3v) is 3.38. The van der Waals surface area contributed by atoms with E-state index < -0.39 is 0 Å². The fourth-order valence-electron chi connectivity index (χ4n) is 1.76. The van der Waals surface area contributed by atoms with Crippen LogP contribution in [0.15, 0.2) is 40.0 Å². The number of nitrogens with zero attached hydrogens (tertiary/aromatic N) is 3. The first-order valence-corrected chi connectivity index (χ1v) is 6.72. The van der Waals surface area contributed by atoms with E-state index in [1.54, 1.807) is 24.2 Å². The van der Waals surface area contributed by atoms with Crippen LogP contribution in [0.1, 0.15) is 5.56 Å². The van der Waals surface area contributed by atoms with Crippen molar-refractivity contribution in [1.29, 1.82) is 0 Å². The van der Waals surface area contributed by atoms with Gasteiger partial charge in [-0.25, -0.2) is 9.97 Å². The Balaban J connectivity index is 2.19. The minimum absolute atomic E-state index is 0.569. The average Bonchev–Trinajstić information content (AvgIpc) is 2.81. The molecule has 0 aliphatic heterocycles. The molecule has 3 aromatic heterocycles. The first-order chi connectivity index (χ1) is 8.78. The molecule has 0 fully saturated rings. The molecule has 4 nitrogen and oxygen atoms in total. The molecule has 90 valence electrons. The second-order valence-electron chi connectivity index (χ2n) is 3.93. The zero-order valence-electron chi connectivity index (χ0n) is 10.0. The van der Waals surface area contributed by atoms with Gasteiger partial charge in [-0.2, -0.15) is 0 Å². The first-order valence-electron chi connectivity index (χ1n) is 5.49. The fraction of sp³-hybridized carbons (Fsp3) is 0.154. The number of fused-ring (bicyclic) bond motifs is 1. The lowest BCUT2D eigenvalue weighted by molar-refractivity contribution is 0.606. The van der Waals surface area contributed by atoms with Gasteiger partial charge in [0.25, 0.3) is 0 Å². The molecule has 0 radical (unpaired) electrons. The van der Waals surface area contributed by atoms with Gasteiger partial charge >= 0.3 is 0 Å². The quantitative estimate of drug-likeness (QED) is 0.659. The van der Waals surface area contributed by atoms with Crippen LogP contribution in [0.4, 0.5) is 0 Å². The molecular formula is C13H11N3OS. The predicted octanol–water partition coefficient (Wildman–Crippen LogP) is 3.32. The molecule has 0 aliphatic rings. The van der Waals surface area contributed by atoms with Crippen molar-refractivity contribution in [2.24, 2.45) is 0 Å². The van der Waals surface area contributed by atoms with Gasteiger partial charge in [0.2, 0.25) is 11.6 Å². The van der Waals surface area contributed by atoms with E-state index in [2.05, 4.69) is 15.0 Å². The molecule has 0 saturated carbocycles. The summed E-state index contributed by atoms with van der Waals surface area (Å²) in [6.07, 6.45) is 7.33. The van der Waals surface area contributed by atoms with Crippen molar-refractivity contribution in [3.05, 3.63) is 36.3 Å². The lowest BCUT2D eigenvalue weighted by Crippen LogP contribution is -1.83. The zero-order valence-corrected chi connectivity index (χ0v) is 10.9. The molecule has 0 aliphatic carbocycles. The maximum atomic E-state index is 5.69. The van der Waals surface area contributed by atoms with Crippen molar-refractivity contribution >= 4 is 23.0 Å². The highest BCUT2D eigenvalue weighted by Crippen LogP contribution is 2.30. The van der Waals surface area contributed by atoms with Crippen LogP contribution in [-0.2, 0) is 0 Å². The van der Waals surface area contributed by atoms with Crippen molar-refractivity contribution in [3.8, 4) is 11.5 Å². The summed E-state index contributed by atoms with van der Waals surface area (Å²) >= 11 is 1.62. The molecule has 0 N–H and O–H groups in total. The molecule has 0 amide bonds. The molecule has 0 aromatic carbocycles. The summed E-state index contributed by atoms with van der Waals surface area (Å²) in [4.78, 5) is 13.9. The number of thioether (sulfide) groups is 1. The molecule has 0 bridgehead atoms. The summed E-state index contributed by atoms with van der Waals surface area (Å²) in [5.74, 6) is 0.592. The smallest absolute Gasteiger partial charge is 0.247 e. The van der Waals surface area contributed by atoms with Crippen LogP contribution in [0.25, 0.3) is 22.7 Å². The Hall–Kier alpha value is -1.88. The highest BCUT2D eigenvalue weighted by molar-refractivity contribution is 7.98. The summed E-state index contributed by atoms with van der Waals surface area (Å²) in [7, 11) is 0. The molecule has 0 saturated heterocycles. The lowest BCUT2D eigenvalue weighted by Gasteiger charge is -2.00. The van der Waals surface area contributed by atoms with Crippen LogP contribution < -0.4 is 0 Å². The molecule has 5 heteroatoms. The highest BCUT2D eigenvalue weighted by atomic mass is 32.2. The number of hydrogen-bond acceptors (Lipinski definition) is 5. The molecule has 3 aromatic rings. The standard InChI is InChI=1S/C13H11N3OS/c1-8-5-10-13(15-6-8)17-12(16-10)9-3-4-14-7-11(9)18-2/h3-7H,1-2H3. The maximum absolute atomic E-state index is 5.69. The molecule has 3 rings (SSSR count). The van der Waals surface area contributed by atoms with Gasteiger partial charge in [0.15, 0.2) is 0 Å². The Bertz CT molecular complexity index is 708. The zero-order chi connectivity index (χ0) is 12.5. The topological polar surface area (TPSA) is 51.8 Å². The normalized spacial score (nSPS) is 11.0. The van der Waals surface area contributed by atoms with Crippen LogP contribution in [0.3, 0.4) is 0 Å². The Morgan fingerprint density at radius 1 is 1.28 bits per heavy atom. The fourth-order valence-corrected chi connectivity index (χ4v) is 2.30. The van der Waals surface area contributed by atoms with Gasteiger partial charge in [-0.3, -0.25) is 4.98 Å². The minimum Gasteiger partial charge on any atom is -0.418 e. The Morgan fingerprint density at radius 2 is 2.17 bits per heavy atom. The first kappa shape index (κ1) is 11.2. The molecule has 0 spiro atoms. The summed E-state index contributed by atoms with van der Waals surface area (Å²) in [5.41, 5.74) is 3.38. The second kappa shape index (κ2) is 4.42. The van der Waals surface area contributed by atoms with Gasteiger partial charge in [0.1, 0.15) is 5.52 Å². The predicted molar refractivity (Wildman–Crippen MR) is 71.6 cm³/mol. The van der Waals surface area contributed by atoms with Crippen molar-refractivity contribution < 1.29 is 4.42 Å². The lowest BCUT2D eigenvalue weighted by atomic mass is 10.3. The number of oxazole rings is 1. The Labute approximate surface area is 108 Å². The second-order valence-corrected chi connectivity index (χ2v) is 4.78. The highest BCUT2D eigenvalue weighted by Gasteiger charge is 2.12. The monoisotopic (exact) mass is 257 g/mol. The Morgan fingerprint density at radius 3 is 3.00 bits per heavy atom. The summed E-state index contributed by atoms with van der Waals surface area (Å²) in [6, 6.07) is 3.87. The van der Waals surface area contributed by atoms with Gasteiger partial charge in [-0.1, -0.05) is 0 Å². The van der Waals surface area contributed by atoms with Crippen molar-refractivity contribution in [2.75, 3.05) is 6.26 Å². The number of aromatic nitrogens is 3. The number of aryl methyl sites for hydroxylation is 1. The van der Waals surface area contributed by atoms with Gasteiger partial charge in [-0.15, -0.1) is 11.8 Å². The summed E-state index contributed by atoms with van der Waals surface area (Å²) in [6.45, 7) is 1.99. The molecule has 0 unspecified atom stereocenters. The van der Waals surface area contributed by atoms with E-state index in [0.29, 0.717) is 11.6 Å². The maximum Gasteiger partial charge on any atom is 0.247 e. The van der Waals surface area contributed by atoms with E-state index in [-0.39, 0.29) is 0 Å². The van der Waals surface area contributed by atoms with E-state index in [1.807, 2.05) is 31.5 Å². The van der Waals surface area contributed by atoms with Crippen molar-refractivity contribution in [1.82, 2.24) is 15.0 Å². The van der Waals surface area contributed by atoms with Crippen LogP contribution in [-0.4, -0.2) is 21.2 Å². The number of pyridine rings is 2. The van der Waals surface area contributed by atoms with Gasteiger partial charge in [0, 0.05) is 23.5 Å². The van der Waals surface area contributed by atoms with Gasteiger partial charge < -0.3 is 4.42 Å². The third-order valence-electron chi connectivity index (χ3n) is 2.62. The van der Waals surface area contributed by atoms with Crippen molar-refractivity contribution in [2.45, 2.75) is 11.8 Å². The molecule has 18 heavy (non-hydrogen) atoms. The summed E-state index contributed by atoms with van der Waals surface area (Å²) < 4.78 is 5.69. The van der Waals surface area contributed by atoms with Crippen LogP contribution >= 0.6 is 11.8 Å². The van der Waals surface area contributed by atoms with Crippen LogP contribution in [0.5, 0.6) is 0 Å². The van der Waals surface area contributed by atoms with E-state index in [1.165, 1.54) is 0 Å². The van der Waals surface area contributed by atoms with Crippen LogP contribution in [0.2, 0.25) is 0 Å². The van der Waals surface area contributed by atoms with E-state index in [9.17, 15) is 0 Å². The largest absolute Gasteiger partial charge is 0.418 e. The van der Waals surface area contributed by atoms with E-state index >= 15 is 0 Å². The van der Waals surface area contributed by atoms with Gasteiger partial charge in [-0.05, 0) is 30.9 Å². The SMILES string of the molecule is CSc1cnccc1-c1nc2cc(C)cnc2o1. The molecule has 0 atom stereocenters. The van der Waals surface area contributed by atoms with Crippen LogP contribution in [0, 0.1) is 6.92 Å². The van der Waals surface area contributed by atoms with Crippen molar-refractivity contribution in [3.63, 3.8) is 0 Å². The Kier molecular flexibility index (Phi) is 2.76. The average molecular weight is 257 g/mol. The summed E-state index contributed by atoms with van der Waals surface area (Å²) in [5, 5.41) is 0. The number of rotatable bonds is 2. The van der Waals surface area contributed by atoms with E-state index in [0.717, 1.165) is 21.5 Å². The van der Waals surface area contributed by atoms with E-state index in [4.69, 9.17) is 4.42 Å². The minimum atomic E-state index is 0.569. The third kappa shape index (κ3) is 1.86.